The number of carboxylic acid groups (broad SMARTS) is 1. The summed E-state index contributed by atoms with van der Waals surface area (Å²) in [6.07, 6.45) is -4.50. The number of hydrogen-bond acceptors (Lipinski definition) is 5. The number of nitrogens with zero attached hydrogens (tertiary/aromatic N) is 2. The van der Waals surface area contributed by atoms with E-state index in [0.717, 1.165) is 10.7 Å². The van der Waals surface area contributed by atoms with Gasteiger partial charge in [-0.2, -0.15) is 18.3 Å². The first kappa shape index (κ1) is 19.7. The smallest absolute Gasteiger partial charge is 0.433 e. The van der Waals surface area contributed by atoms with Crippen molar-refractivity contribution in [2.75, 3.05) is 18.1 Å². The summed E-state index contributed by atoms with van der Waals surface area (Å²) in [5.74, 6) is -0.585. The van der Waals surface area contributed by atoms with Gasteiger partial charge in [0.2, 0.25) is 0 Å². The van der Waals surface area contributed by atoms with Crippen LogP contribution in [0.5, 0.6) is 0 Å². The third-order valence-corrected chi connectivity index (χ3v) is 4.96. The number of aryl methyl sites for hydroxylation is 1. The van der Waals surface area contributed by atoms with Gasteiger partial charge in [-0.25, -0.2) is 0 Å². The third-order valence-electron chi connectivity index (χ3n) is 2.56. The molecule has 0 bridgehead atoms. The molecule has 1 amide bonds. The number of halogens is 3. The van der Waals surface area contributed by atoms with Gasteiger partial charge in [-0.1, -0.05) is 21.6 Å². The molecule has 0 aliphatic rings. The van der Waals surface area contributed by atoms with Gasteiger partial charge in [0.05, 0.1) is 6.42 Å². The van der Waals surface area contributed by atoms with Crippen LogP contribution >= 0.6 is 21.6 Å². The molecule has 0 radical (unpaired) electrons. The summed E-state index contributed by atoms with van der Waals surface area (Å²) in [5.41, 5.74) is -1.23. The van der Waals surface area contributed by atoms with Crippen molar-refractivity contribution in [2.24, 2.45) is 0 Å². The van der Waals surface area contributed by atoms with Crippen LogP contribution in [0.25, 0.3) is 0 Å². The molecule has 0 aromatic carbocycles. The van der Waals surface area contributed by atoms with Crippen molar-refractivity contribution in [1.29, 1.82) is 0 Å². The zero-order valence-electron chi connectivity index (χ0n) is 12.2. The topological polar surface area (TPSA) is 84.2 Å². The van der Waals surface area contributed by atoms with Crippen molar-refractivity contribution in [1.82, 2.24) is 15.1 Å². The fourth-order valence-electron chi connectivity index (χ4n) is 1.54. The zero-order chi connectivity index (χ0) is 17.5. The number of alkyl halides is 3. The van der Waals surface area contributed by atoms with Crippen molar-refractivity contribution >= 4 is 33.5 Å². The van der Waals surface area contributed by atoms with E-state index in [1.807, 2.05) is 0 Å². The number of nitrogens with one attached hydrogen (secondary N) is 1. The minimum absolute atomic E-state index is 0.0121. The second-order valence-corrected chi connectivity index (χ2v) is 6.97. The van der Waals surface area contributed by atoms with Crippen LogP contribution in [-0.2, 0) is 17.5 Å². The molecule has 0 aliphatic heterocycles. The molecule has 6 nitrogen and oxygen atoms in total. The lowest BCUT2D eigenvalue weighted by Crippen LogP contribution is -2.26. The predicted octanol–water partition coefficient (Wildman–Crippen LogP) is 2.51. The summed E-state index contributed by atoms with van der Waals surface area (Å²) in [6.45, 7) is 1.77. The van der Waals surface area contributed by atoms with Gasteiger partial charge in [0.25, 0.3) is 5.91 Å². The maximum atomic E-state index is 12.8. The number of amides is 1. The highest BCUT2D eigenvalue weighted by Crippen LogP contribution is 2.29. The molecule has 1 aromatic rings. The summed E-state index contributed by atoms with van der Waals surface area (Å²) >= 11 is 0. The van der Waals surface area contributed by atoms with Crippen molar-refractivity contribution in [3.05, 3.63) is 17.5 Å². The molecule has 11 heteroatoms. The normalized spacial score (nSPS) is 11.5. The van der Waals surface area contributed by atoms with E-state index < -0.39 is 23.7 Å². The van der Waals surface area contributed by atoms with E-state index in [-0.39, 0.29) is 25.2 Å². The minimum Gasteiger partial charge on any atom is -0.481 e. The Kier molecular flexibility index (Phi) is 7.76. The quantitative estimate of drug-likeness (QED) is 0.513. The molecule has 0 saturated heterocycles. The first-order valence-corrected chi connectivity index (χ1v) is 9.14. The summed E-state index contributed by atoms with van der Waals surface area (Å²) in [6, 6.07) is 0.730. The van der Waals surface area contributed by atoms with E-state index in [1.54, 1.807) is 0 Å². The Morgan fingerprint density at radius 3 is 2.52 bits per heavy atom. The molecule has 0 aliphatic carbocycles. The van der Waals surface area contributed by atoms with Crippen LogP contribution in [0.15, 0.2) is 6.07 Å². The molecular weight excluding hydrogens is 355 g/mol. The highest BCUT2D eigenvalue weighted by atomic mass is 33.1. The van der Waals surface area contributed by atoms with Crippen LogP contribution in [0.2, 0.25) is 0 Å². The van der Waals surface area contributed by atoms with Gasteiger partial charge in [0.15, 0.2) is 5.69 Å². The fourth-order valence-corrected chi connectivity index (χ4v) is 3.43. The van der Waals surface area contributed by atoms with Gasteiger partial charge >= 0.3 is 12.1 Å². The lowest BCUT2D eigenvalue weighted by molar-refractivity contribution is -0.144. The Bertz CT molecular complexity index is 549. The summed E-state index contributed by atoms with van der Waals surface area (Å²) in [5, 5.41) is 14.6. The summed E-state index contributed by atoms with van der Waals surface area (Å²) in [7, 11) is 2.74. The Balaban J connectivity index is 2.41. The van der Waals surface area contributed by atoms with Gasteiger partial charge < -0.3 is 10.4 Å². The molecule has 0 unspecified atom stereocenters. The monoisotopic (exact) mass is 371 g/mol. The number of aromatic nitrogens is 2. The minimum atomic E-state index is -4.56. The average molecular weight is 371 g/mol. The van der Waals surface area contributed by atoms with Crippen LogP contribution in [0, 0.1) is 0 Å². The number of rotatable bonds is 9. The van der Waals surface area contributed by atoms with E-state index in [4.69, 9.17) is 5.11 Å². The predicted molar refractivity (Wildman–Crippen MR) is 82.4 cm³/mol. The zero-order valence-corrected chi connectivity index (χ0v) is 13.9. The number of carboxylic acids is 1. The standard InChI is InChI=1S/C12H16F3N3O3S2/c1-2-18-9(12(13,14)15)7-8(17-18)11(21)16-4-6-23-22-5-3-10(19)20/h7H,2-6H2,1H3,(H,16,21)(H,19,20). The van der Waals surface area contributed by atoms with E-state index in [2.05, 4.69) is 10.4 Å². The Hall–Kier alpha value is -1.36. The van der Waals surface area contributed by atoms with Crippen LogP contribution in [-0.4, -0.2) is 44.8 Å². The van der Waals surface area contributed by atoms with Gasteiger partial charge in [-0.05, 0) is 6.92 Å². The van der Waals surface area contributed by atoms with Crippen molar-refractivity contribution in [3.63, 3.8) is 0 Å². The highest BCUT2D eigenvalue weighted by molar-refractivity contribution is 8.76. The lowest BCUT2D eigenvalue weighted by atomic mass is 10.3. The van der Waals surface area contributed by atoms with Crippen LogP contribution in [0.1, 0.15) is 29.5 Å². The van der Waals surface area contributed by atoms with E-state index in [0.29, 0.717) is 11.5 Å². The molecule has 0 saturated carbocycles. The molecule has 1 rings (SSSR count). The number of carbonyl (C=O) groups excluding carboxylic acids is 1. The van der Waals surface area contributed by atoms with Crippen molar-refractivity contribution in [3.8, 4) is 0 Å². The molecule has 130 valence electrons. The Morgan fingerprint density at radius 2 is 2.00 bits per heavy atom. The van der Waals surface area contributed by atoms with E-state index in [9.17, 15) is 22.8 Å². The highest BCUT2D eigenvalue weighted by Gasteiger charge is 2.36. The SMILES string of the molecule is CCn1nc(C(=O)NCCSSCCC(=O)O)cc1C(F)(F)F. The van der Waals surface area contributed by atoms with Crippen LogP contribution in [0.4, 0.5) is 13.2 Å². The first-order chi connectivity index (χ1) is 10.8. The van der Waals surface area contributed by atoms with Gasteiger partial charge in [-0.3, -0.25) is 14.3 Å². The summed E-state index contributed by atoms with van der Waals surface area (Å²) in [4.78, 5) is 22.1. The molecule has 0 fully saturated rings. The van der Waals surface area contributed by atoms with Gasteiger partial charge in [0, 0.05) is 30.7 Å². The Labute approximate surface area is 138 Å². The third kappa shape index (κ3) is 6.73. The molecule has 1 heterocycles. The van der Waals surface area contributed by atoms with Gasteiger partial charge in [-0.15, -0.1) is 0 Å². The molecule has 0 atom stereocenters. The van der Waals surface area contributed by atoms with Crippen LogP contribution in [0.3, 0.4) is 0 Å². The number of hydrogen-bond donors (Lipinski definition) is 2. The number of aliphatic carboxylic acids is 1. The van der Waals surface area contributed by atoms with Gasteiger partial charge in [0.1, 0.15) is 5.69 Å². The molecule has 23 heavy (non-hydrogen) atoms. The van der Waals surface area contributed by atoms with E-state index in [1.165, 1.54) is 28.5 Å². The maximum Gasteiger partial charge on any atom is 0.433 e. The maximum absolute atomic E-state index is 12.8. The van der Waals surface area contributed by atoms with Crippen molar-refractivity contribution in [2.45, 2.75) is 26.1 Å². The molecular formula is C12H16F3N3O3S2. The molecule has 2 N–H and O–H groups in total. The summed E-state index contributed by atoms with van der Waals surface area (Å²) < 4.78 is 39.0. The fraction of sp³-hybridized carbons (Fsp3) is 0.583. The Morgan fingerprint density at radius 1 is 1.35 bits per heavy atom. The number of carbonyl (C=O) groups is 2. The lowest BCUT2D eigenvalue weighted by Gasteiger charge is -2.06. The average Bonchev–Trinajstić information content (AvgIpc) is 2.90. The first-order valence-electron chi connectivity index (χ1n) is 6.65. The van der Waals surface area contributed by atoms with Crippen molar-refractivity contribution < 1.29 is 27.9 Å². The molecule has 1 aromatic heterocycles. The second-order valence-electron chi connectivity index (χ2n) is 4.27. The molecule has 0 spiro atoms. The largest absolute Gasteiger partial charge is 0.481 e. The van der Waals surface area contributed by atoms with E-state index >= 15 is 0 Å². The van der Waals surface area contributed by atoms with Crippen LogP contribution < -0.4 is 5.32 Å². The second kappa shape index (κ2) is 9.06.